The van der Waals surface area contributed by atoms with E-state index in [4.69, 9.17) is 4.74 Å². The molecular weight excluding hydrogens is 237 g/mol. The first-order chi connectivity index (χ1) is 6.25. The monoisotopic (exact) mass is 245 g/mol. The lowest BCUT2D eigenvalue weighted by Crippen LogP contribution is -2.01. The Morgan fingerprint density at radius 2 is 2.38 bits per heavy atom. The highest BCUT2D eigenvalue weighted by Crippen LogP contribution is 2.30. The van der Waals surface area contributed by atoms with Crippen LogP contribution in [0.3, 0.4) is 0 Å². The summed E-state index contributed by atoms with van der Waals surface area (Å²) in [6, 6.07) is 1.60. The molecule has 1 aliphatic carbocycles. The van der Waals surface area contributed by atoms with Crippen LogP contribution in [-0.4, -0.2) is 11.6 Å². The molecule has 0 N–H and O–H groups in total. The molecule has 1 fully saturated rings. The molecule has 0 spiro atoms. The number of halogens is 2. The van der Waals surface area contributed by atoms with E-state index in [0.29, 0.717) is 12.5 Å². The molecule has 70 valence electrons. The fraction of sp³-hybridized carbons (Fsp3) is 0.444. The van der Waals surface area contributed by atoms with Crippen LogP contribution >= 0.6 is 15.9 Å². The number of aromatic nitrogens is 1. The van der Waals surface area contributed by atoms with Crippen LogP contribution in [0.1, 0.15) is 12.8 Å². The second kappa shape index (κ2) is 3.62. The molecule has 4 heteroatoms. The van der Waals surface area contributed by atoms with Crippen molar-refractivity contribution >= 4 is 15.9 Å². The van der Waals surface area contributed by atoms with E-state index in [1.165, 1.54) is 19.0 Å². The van der Waals surface area contributed by atoms with Gasteiger partial charge in [-0.15, -0.1) is 0 Å². The van der Waals surface area contributed by atoms with Gasteiger partial charge in [-0.25, -0.2) is 4.98 Å². The van der Waals surface area contributed by atoms with Crippen LogP contribution in [0.15, 0.2) is 16.7 Å². The number of nitrogens with zero attached hydrogens (tertiary/aromatic N) is 1. The summed E-state index contributed by atoms with van der Waals surface area (Å²) < 4.78 is 19.0. The van der Waals surface area contributed by atoms with Gasteiger partial charge in [0.05, 0.1) is 6.61 Å². The van der Waals surface area contributed by atoms with Gasteiger partial charge in [-0.2, -0.15) is 4.39 Å². The third-order valence-corrected chi connectivity index (χ3v) is 2.38. The van der Waals surface area contributed by atoms with E-state index in [1.807, 2.05) is 0 Å². The second-order valence-electron chi connectivity index (χ2n) is 3.20. The summed E-state index contributed by atoms with van der Waals surface area (Å²) in [5.74, 6) is 0.323. The van der Waals surface area contributed by atoms with E-state index >= 15 is 0 Å². The van der Waals surface area contributed by atoms with Crippen molar-refractivity contribution in [3.8, 4) is 5.75 Å². The molecule has 1 aliphatic rings. The first-order valence-electron chi connectivity index (χ1n) is 4.19. The van der Waals surface area contributed by atoms with Gasteiger partial charge in [-0.3, -0.25) is 0 Å². The summed E-state index contributed by atoms with van der Waals surface area (Å²) in [6.07, 6.45) is 3.81. The third kappa shape index (κ3) is 2.40. The average molecular weight is 246 g/mol. The average Bonchev–Trinajstić information content (AvgIpc) is 2.90. The van der Waals surface area contributed by atoms with E-state index in [-0.39, 0.29) is 5.75 Å². The largest absolute Gasteiger partial charge is 0.488 e. The first kappa shape index (κ1) is 8.94. The minimum atomic E-state index is -0.538. The number of ether oxygens (including phenoxy) is 1. The zero-order valence-electron chi connectivity index (χ0n) is 6.96. The maximum Gasteiger partial charge on any atom is 0.255 e. The SMILES string of the molecule is Fc1ncc(Br)cc1OCC1CC1. The van der Waals surface area contributed by atoms with Gasteiger partial charge in [0.25, 0.3) is 5.95 Å². The van der Waals surface area contributed by atoms with Gasteiger partial charge in [0, 0.05) is 16.7 Å². The van der Waals surface area contributed by atoms with Crippen LogP contribution in [0.25, 0.3) is 0 Å². The Morgan fingerprint density at radius 1 is 1.62 bits per heavy atom. The summed E-state index contributed by atoms with van der Waals surface area (Å²) in [5.41, 5.74) is 0. The minimum absolute atomic E-state index is 0.237. The van der Waals surface area contributed by atoms with Crippen molar-refractivity contribution in [1.82, 2.24) is 4.98 Å². The van der Waals surface area contributed by atoms with E-state index in [2.05, 4.69) is 20.9 Å². The number of hydrogen-bond acceptors (Lipinski definition) is 2. The number of rotatable bonds is 3. The van der Waals surface area contributed by atoms with Crippen LogP contribution in [0.2, 0.25) is 0 Å². The van der Waals surface area contributed by atoms with Crippen LogP contribution in [0.4, 0.5) is 4.39 Å². The summed E-state index contributed by atoms with van der Waals surface area (Å²) in [7, 11) is 0. The molecule has 2 nitrogen and oxygen atoms in total. The van der Waals surface area contributed by atoms with Gasteiger partial charge in [0.1, 0.15) is 0 Å². The predicted octanol–water partition coefficient (Wildman–Crippen LogP) is 2.77. The first-order valence-corrected chi connectivity index (χ1v) is 4.99. The Bertz CT molecular complexity index is 314. The van der Waals surface area contributed by atoms with Crippen molar-refractivity contribution in [3.05, 3.63) is 22.7 Å². The number of pyridine rings is 1. The highest BCUT2D eigenvalue weighted by atomic mass is 79.9. The van der Waals surface area contributed by atoms with Crippen LogP contribution in [-0.2, 0) is 0 Å². The molecule has 0 unspecified atom stereocenters. The topological polar surface area (TPSA) is 22.1 Å². The molecule has 1 heterocycles. The molecule has 13 heavy (non-hydrogen) atoms. The van der Waals surface area contributed by atoms with Crippen molar-refractivity contribution < 1.29 is 9.13 Å². The van der Waals surface area contributed by atoms with Crippen molar-refractivity contribution in [1.29, 1.82) is 0 Å². The highest BCUT2D eigenvalue weighted by molar-refractivity contribution is 9.10. The molecule has 1 aromatic heterocycles. The standard InChI is InChI=1S/C9H9BrFNO/c10-7-3-8(9(11)12-4-7)13-5-6-1-2-6/h3-4,6H,1-2,5H2. The van der Waals surface area contributed by atoms with Gasteiger partial charge in [-0.1, -0.05) is 0 Å². The zero-order chi connectivity index (χ0) is 9.26. The molecule has 0 radical (unpaired) electrons. The van der Waals surface area contributed by atoms with Crippen LogP contribution < -0.4 is 4.74 Å². The van der Waals surface area contributed by atoms with Crippen molar-refractivity contribution in [3.63, 3.8) is 0 Å². The maximum atomic E-state index is 13.0. The summed E-state index contributed by atoms with van der Waals surface area (Å²) >= 11 is 3.21. The number of hydrogen-bond donors (Lipinski definition) is 0. The predicted molar refractivity (Wildman–Crippen MR) is 50.1 cm³/mol. The highest BCUT2D eigenvalue weighted by Gasteiger charge is 2.22. The van der Waals surface area contributed by atoms with E-state index < -0.39 is 5.95 Å². The molecule has 0 aromatic carbocycles. The molecule has 1 saturated carbocycles. The lowest BCUT2D eigenvalue weighted by Gasteiger charge is -2.05. The summed E-state index contributed by atoms with van der Waals surface area (Å²) in [4.78, 5) is 3.54. The molecule has 0 saturated heterocycles. The van der Waals surface area contributed by atoms with Crippen molar-refractivity contribution in [2.24, 2.45) is 5.92 Å². The Morgan fingerprint density at radius 3 is 3.08 bits per heavy atom. The molecule has 0 amide bonds. The van der Waals surface area contributed by atoms with E-state index in [9.17, 15) is 4.39 Å². The lowest BCUT2D eigenvalue weighted by molar-refractivity contribution is 0.281. The summed E-state index contributed by atoms with van der Waals surface area (Å²) in [5, 5.41) is 0. The molecule has 0 aliphatic heterocycles. The summed E-state index contributed by atoms with van der Waals surface area (Å²) in [6.45, 7) is 0.606. The van der Waals surface area contributed by atoms with Crippen molar-refractivity contribution in [2.45, 2.75) is 12.8 Å². The smallest absolute Gasteiger partial charge is 0.255 e. The van der Waals surface area contributed by atoms with Gasteiger partial charge >= 0.3 is 0 Å². The lowest BCUT2D eigenvalue weighted by atomic mass is 10.4. The van der Waals surface area contributed by atoms with E-state index in [1.54, 1.807) is 6.07 Å². The Kier molecular flexibility index (Phi) is 2.49. The zero-order valence-corrected chi connectivity index (χ0v) is 8.55. The molecule has 1 aromatic rings. The Hall–Kier alpha value is -0.640. The molecular formula is C9H9BrFNO. The van der Waals surface area contributed by atoms with Crippen LogP contribution in [0.5, 0.6) is 5.75 Å². The van der Waals surface area contributed by atoms with E-state index in [0.717, 1.165) is 4.47 Å². The third-order valence-electron chi connectivity index (χ3n) is 1.94. The minimum Gasteiger partial charge on any atom is -0.488 e. The Labute approximate surface area is 84.3 Å². The fourth-order valence-electron chi connectivity index (χ4n) is 0.997. The molecule has 0 atom stereocenters. The van der Waals surface area contributed by atoms with Crippen LogP contribution in [0, 0.1) is 11.9 Å². The van der Waals surface area contributed by atoms with Gasteiger partial charge in [0.2, 0.25) is 0 Å². The quantitative estimate of drug-likeness (QED) is 0.765. The van der Waals surface area contributed by atoms with Gasteiger partial charge < -0.3 is 4.74 Å². The fourth-order valence-corrected chi connectivity index (χ4v) is 1.31. The molecule has 0 bridgehead atoms. The maximum absolute atomic E-state index is 13.0. The normalized spacial score (nSPS) is 15.8. The van der Waals surface area contributed by atoms with Crippen molar-refractivity contribution in [2.75, 3.05) is 6.61 Å². The second-order valence-corrected chi connectivity index (χ2v) is 4.11. The Balaban J connectivity index is 2.03. The van der Waals surface area contributed by atoms with Gasteiger partial charge in [-0.05, 0) is 34.7 Å². The van der Waals surface area contributed by atoms with Gasteiger partial charge in [0.15, 0.2) is 5.75 Å². The molecule has 2 rings (SSSR count).